The summed E-state index contributed by atoms with van der Waals surface area (Å²) in [5, 5.41) is 7.77. The lowest BCUT2D eigenvalue weighted by Crippen LogP contribution is -2.37. The van der Waals surface area contributed by atoms with Gasteiger partial charge in [-0.15, -0.1) is 23.1 Å². The predicted molar refractivity (Wildman–Crippen MR) is 225 cm³/mol. The molecule has 2 atom stereocenters. The highest BCUT2D eigenvalue weighted by atomic mass is 32.2. The lowest BCUT2D eigenvalue weighted by Gasteiger charge is -2.24. The molecule has 53 heavy (non-hydrogen) atoms. The second kappa shape index (κ2) is 11.5. The monoisotopic (exact) mass is 715 g/mol. The largest absolute Gasteiger partial charge is 0.278 e. The maximum absolute atomic E-state index is 5.61. The summed E-state index contributed by atoms with van der Waals surface area (Å²) in [6, 6.07) is 36.1. The molecular formula is C48H33N3S2. The number of aromatic nitrogens is 3. The third-order valence-corrected chi connectivity index (χ3v) is 14.3. The fourth-order valence-corrected chi connectivity index (χ4v) is 12.0. The predicted octanol–water partition coefficient (Wildman–Crippen LogP) is 11.1. The topological polar surface area (TPSA) is 30.7 Å². The van der Waals surface area contributed by atoms with E-state index in [1.54, 1.807) is 0 Å². The van der Waals surface area contributed by atoms with Crippen molar-refractivity contribution < 1.29 is 0 Å². The number of fused-ring (bicyclic) bond motifs is 12. The molecule has 5 aromatic carbocycles. The summed E-state index contributed by atoms with van der Waals surface area (Å²) < 4.78 is 5.03. The summed E-state index contributed by atoms with van der Waals surface area (Å²) in [7, 11) is 0. The Morgan fingerprint density at radius 2 is 1.64 bits per heavy atom. The van der Waals surface area contributed by atoms with Gasteiger partial charge in [0.15, 0.2) is 0 Å². The van der Waals surface area contributed by atoms with Gasteiger partial charge in [-0.2, -0.15) is 0 Å². The van der Waals surface area contributed by atoms with Crippen molar-refractivity contribution in [2.45, 2.75) is 41.7 Å². The van der Waals surface area contributed by atoms with E-state index in [-0.39, 0.29) is 5.25 Å². The Balaban J connectivity index is 1.11. The van der Waals surface area contributed by atoms with E-state index in [2.05, 4.69) is 144 Å². The number of benzene rings is 5. The molecule has 0 radical (unpaired) electrons. The summed E-state index contributed by atoms with van der Waals surface area (Å²) in [5.41, 5.74) is 11.4. The van der Waals surface area contributed by atoms with Gasteiger partial charge in [0.05, 0.1) is 22.1 Å². The van der Waals surface area contributed by atoms with Gasteiger partial charge in [-0.25, -0.2) is 9.97 Å². The van der Waals surface area contributed by atoms with E-state index in [0.717, 1.165) is 48.2 Å². The number of rotatable bonds is 3. The van der Waals surface area contributed by atoms with Gasteiger partial charge in [-0.1, -0.05) is 109 Å². The Hall–Kier alpha value is -5.49. The number of aryl methyl sites for hydroxylation is 1. The standard InChI is InChI=1S/C48H33N3S2/c1-2-12-30-28(11-1)23-26-41-44(30)38-27-29(31-16-9-17-34-32-13-4-7-21-42(32)52-46(31)34)24-25-40(38)51(41)48-49-39-20-6-3-15-36(39)45(50-48)37-19-10-18-35-33-14-5-8-22-43(33)53-47(35)37/h1,4-5,7-11,13-27,35,47H,2-3,6,12H2. The Kier molecular flexibility index (Phi) is 6.52. The Morgan fingerprint density at radius 3 is 2.64 bits per heavy atom. The van der Waals surface area contributed by atoms with Crippen LogP contribution in [0.25, 0.3) is 82.9 Å². The van der Waals surface area contributed by atoms with Crippen LogP contribution < -0.4 is 10.6 Å². The second-order valence-corrected chi connectivity index (χ2v) is 16.8. The van der Waals surface area contributed by atoms with Gasteiger partial charge in [0.2, 0.25) is 5.95 Å². The zero-order valence-corrected chi connectivity index (χ0v) is 30.6. The number of thioether (sulfide) groups is 1. The third-order valence-electron chi connectivity index (χ3n) is 11.7. The van der Waals surface area contributed by atoms with Crippen LogP contribution in [0.3, 0.4) is 0 Å². The highest BCUT2D eigenvalue weighted by Crippen LogP contribution is 2.52. The van der Waals surface area contributed by atoms with E-state index < -0.39 is 0 Å². The molecule has 12 rings (SSSR count). The number of hydrogen-bond acceptors (Lipinski definition) is 4. The molecule has 4 aliphatic rings. The lowest BCUT2D eigenvalue weighted by molar-refractivity contribution is 0.874. The quantitative estimate of drug-likeness (QED) is 0.182. The molecule has 0 N–H and O–H groups in total. The lowest BCUT2D eigenvalue weighted by atomic mass is 9.86. The summed E-state index contributed by atoms with van der Waals surface area (Å²) in [6.07, 6.45) is 20.3. The molecule has 0 saturated carbocycles. The minimum Gasteiger partial charge on any atom is -0.278 e. The van der Waals surface area contributed by atoms with Crippen LogP contribution >= 0.6 is 23.1 Å². The van der Waals surface area contributed by atoms with Gasteiger partial charge >= 0.3 is 0 Å². The van der Waals surface area contributed by atoms with E-state index in [0.29, 0.717) is 5.92 Å². The summed E-state index contributed by atoms with van der Waals surface area (Å²) in [4.78, 5) is 12.4. The maximum Gasteiger partial charge on any atom is 0.235 e. The van der Waals surface area contributed by atoms with Crippen molar-refractivity contribution in [2.75, 3.05) is 0 Å². The molecule has 1 aliphatic heterocycles. The second-order valence-electron chi connectivity index (χ2n) is 14.6. The number of allylic oxidation sites excluding steroid dienone is 4. The van der Waals surface area contributed by atoms with Crippen molar-refractivity contribution in [1.82, 2.24) is 14.5 Å². The van der Waals surface area contributed by atoms with Crippen LogP contribution in [0.1, 0.15) is 47.6 Å². The van der Waals surface area contributed by atoms with Crippen LogP contribution in [0.15, 0.2) is 126 Å². The zero-order valence-electron chi connectivity index (χ0n) is 28.9. The fourth-order valence-electron chi connectivity index (χ4n) is 9.30. The van der Waals surface area contributed by atoms with Crippen molar-refractivity contribution in [1.29, 1.82) is 0 Å². The van der Waals surface area contributed by atoms with Gasteiger partial charge in [0, 0.05) is 52.2 Å². The van der Waals surface area contributed by atoms with Crippen molar-refractivity contribution in [3.63, 3.8) is 0 Å². The average molecular weight is 716 g/mol. The molecule has 2 unspecified atom stereocenters. The van der Waals surface area contributed by atoms with Gasteiger partial charge in [-0.05, 0) is 89.4 Å². The van der Waals surface area contributed by atoms with Crippen molar-refractivity contribution in [2.24, 2.45) is 0 Å². The Morgan fingerprint density at radius 1 is 0.755 bits per heavy atom. The Labute approximate surface area is 315 Å². The van der Waals surface area contributed by atoms with E-state index in [1.165, 1.54) is 80.0 Å². The highest BCUT2D eigenvalue weighted by Gasteiger charge is 2.37. The minimum absolute atomic E-state index is 0.288. The summed E-state index contributed by atoms with van der Waals surface area (Å²) in [6.45, 7) is 0. The normalized spacial score (nSPS) is 18.5. The van der Waals surface area contributed by atoms with Crippen molar-refractivity contribution >= 4 is 88.9 Å². The van der Waals surface area contributed by atoms with Crippen LogP contribution in [0, 0.1) is 0 Å². The molecule has 0 saturated heterocycles. The molecular weight excluding hydrogens is 683 g/mol. The number of nitrogens with zero attached hydrogens (tertiary/aromatic N) is 3. The van der Waals surface area contributed by atoms with Crippen LogP contribution in [0.4, 0.5) is 0 Å². The molecule has 4 heterocycles. The van der Waals surface area contributed by atoms with Gasteiger partial charge < -0.3 is 0 Å². The molecule has 0 spiro atoms. The first-order chi connectivity index (χ1) is 26.3. The molecule has 5 heteroatoms. The first kappa shape index (κ1) is 30.0. The molecule has 0 bridgehead atoms. The molecule has 3 aliphatic carbocycles. The summed E-state index contributed by atoms with van der Waals surface area (Å²) in [5.74, 6) is 1.10. The molecule has 3 nitrogen and oxygen atoms in total. The van der Waals surface area contributed by atoms with Crippen LogP contribution in [-0.4, -0.2) is 19.8 Å². The first-order valence-electron chi connectivity index (χ1n) is 18.7. The van der Waals surface area contributed by atoms with Crippen LogP contribution in [0.2, 0.25) is 0 Å². The molecule has 3 aromatic heterocycles. The average Bonchev–Trinajstić information content (AvgIpc) is 3.90. The zero-order chi connectivity index (χ0) is 34.6. The SMILES string of the molecule is C1=CC2c3ccccc3SC2C(c2nc(-n3c4ccc(-c5cccc6c5sc5ccccc56)cc4c4c5c(ccc43)C=CCC5)nc3c2=CCCC=3)=C1. The van der Waals surface area contributed by atoms with E-state index >= 15 is 0 Å². The molecule has 0 fully saturated rings. The summed E-state index contributed by atoms with van der Waals surface area (Å²) >= 11 is 3.88. The van der Waals surface area contributed by atoms with E-state index in [4.69, 9.17) is 9.97 Å². The van der Waals surface area contributed by atoms with Gasteiger partial charge in [0.25, 0.3) is 0 Å². The number of hydrogen-bond donors (Lipinski definition) is 0. The van der Waals surface area contributed by atoms with Gasteiger partial charge in [0.1, 0.15) is 0 Å². The van der Waals surface area contributed by atoms with Crippen LogP contribution in [-0.2, 0) is 6.42 Å². The minimum atomic E-state index is 0.288. The van der Waals surface area contributed by atoms with Crippen molar-refractivity contribution in [3.05, 3.63) is 154 Å². The number of thiophene rings is 1. The third kappa shape index (κ3) is 4.41. The molecule has 8 aromatic rings. The smallest absolute Gasteiger partial charge is 0.235 e. The molecule has 0 amide bonds. The van der Waals surface area contributed by atoms with E-state index in [9.17, 15) is 0 Å². The van der Waals surface area contributed by atoms with E-state index in [1.807, 2.05) is 23.1 Å². The van der Waals surface area contributed by atoms with Crippen molar-refractivity contribution in [3.8, 4) is 17.1 Å². The van der Waals surface area contributed by atoms with Gasteiger partial charge in [-0.3, -0.25) is 4.57 Å². The van der Waals surface area contributed by atoms with Crippen LogP contribution in [0.5, 0.6) is 0 Å². The molecule has 252 valence electrons. The maximum atomic E-state index is 5.61. The first-order valence-corrected chi connectivity index (χ1v) is 20.4. The Bertz CT molecular complexity index is 3120. The highest BCUT2D eigenvalue weighted by molar-refractivity contribution is 8.00. The fraction of sp³-hybridized carbons (Fsp3) is 0.125.